The van der Waals surface area contributed by atoms with E-state index in [2.05, 4.69) is 29.0 Å². The number of hydrogen-bond acceptors (Lipinski definition) is 4. The molecule has 3 nitrogen and oxygen atoms in total. The van der Waals surface area contributed by atoms with Crippen molar-refractivity contribution in [2.45, 2.75) is 6.92 Å². The molecule has 0 bridgehead atoms. The molecular formula is C15H13N3S. The Morgan fingerprint density at radius 2 is 1.79 bits per heavy atom. The van der Waals surface area contributed by atoms with Crippen LogP contribution in [0.3, 0.4) is 0 Å². The Morgan fingerprint density at radius 1 is 1.05 bits per heavy atom. The van der Waals surface area contributed by atoms with Crippen molar-refractivity contribution in [3.8, 4) is 21.7 Å². The molecule has 0 amide bonds. The second-order valence-electron chi connectivity index (χ2n) is 4.28. The molecule has 0 unspecified atom stereocenters. The topological polar surface area (TPSA) is 51.8 Å². The molecule has 2 heterocycles. The molecule has 0 aliphatic carbocycles. The number of nitrogens with two attached hydrogens (primary N) is 1. The van der Waals surface area contributed by atoms with E-state index in [4.69, 9.17) is 5.73 Å². The van der Waals surface area contributed by atoms with Gasteiger partial charge in [-0.2, -0.15) is 0 Å². The molecule has 0 saturated carbocycles. The van der Waals surface area contributed by atoms with Crippen molar-refractivity contribution in [2.75, 3.05) is 5.73 Å². The lowest BCUT2D eigenvalue weighted by Gasteiger charge is -2.05. The standard InChI is InChI=1S/C15H13N3S/c1-10-4-2-3-5-12(10)13-14(19-15(16)18-13)11-6-8-17-9-7-11/h2-9H,1H3,(H2,16,18). The molecule has 2 N–H and O–H groups in total. The van der Waals surface area contributed by atoms with Crippen LogP contribution < -0.4 is 5.73 Å². The number of thiazole rings is 1. The molecule has 0 saturated heterocycles. The summed E-state index contributed by atoms with van der Waals surface area (Å²) in [5.41, 5.74) is 10.3. The van der Waals surface area contributed by atoms with Crippen LogP contribution in [0.15, 0.2) is 48.8 Å². The third kappa shape index (κ3) is 2.22. The molecule has 0 atom stereocenters. The van der Waals surface area contributed by atoms with Gasteiger partial charge in [0.25, 0.3) is 0 Å². The minimum absolute atomic E-state index is 0.588. The molecule has 0 spiro atoms. The van der Waals surface area contributed by atoms with Gasteiger partial charge in [-0.15, -0.1) is 0 Å². The summed E-state index contributed by atoms with van der Waals surface area (Å²) in [7, 11) is 0. The van der Waals surface area contributed by atoms with E-state index in [9.17, 15) is 0 Å². The Labute approximate surface area is 115 Å². The largest absolute Gasteiger partial charge is 0.375 e. The van der Waals surface area contributed by atoms with Crippen LogP contribution in [0.1, 0.15) is 5.56 Å². The van der Waals surface area contributed by atoms with Crippen molar-refractivity contribution in [1.82, 2.24) is 9.97 Å². The summed E-state index contributed by atoms with van der Waals surface area (Å²) in [6, 6.07) is 12.2. The lowest BCUT2D eigenvalue weighted by atomic mass is 10.0. The van der Waals surface area contributed by atoms with E-state index >= 15 is 0 Å². The Morgan fingerprint density at radius 3 is 2.53 bits per heavy atom. The summed E-state index contributed by atoms with van der Waals surface area (Å²) in [4.78, 5) is 9.64. The zero-order chi connectivity index (χ0) is 13.2. The van der Waals surface area contributed by atoms with Crippen LogP contribution in [0.25, 0.3) is 21.7 Å². The van der Waals surface area contributed by atoms with Crippen molar-refractivity contribution < 1.29 is 0 Å². The molecule has 94 valence electrons. The number of anilines is 1. The van der Waals surface area contributed by atoms with E-state index in [0.29, 0.717) is 5.13 Å². The minimum atomic E-state index is 0.588. The fourth-order valence-electron chi connectivity index (χ4n) is 2.06. The molecule has 0 fully saturated rings. The first-order valence-electron chi connectivity index (χ1n) is 5.98. The van der Waals surface area contributed by atoms with E-state index in [0.717, 1.165) is 21.7 Å². The van der Waals surface area contributed by atoms with E-state index in [-0.39, 0.29) is 0 Å². The van der Waals surface area contributed by atoms with Crippen LogP contribution in [0, 0.1) is 6.92 Å². The van der Waals surface area contributed by atoms with Crippen LogP contribution >= 0.6 is 11.3 Å². The normalized spacial score (nSPS) is 10.6. The van der Waals surface area contributed by atoms with Gasteiger partial charge in [-0.3, -0.25) is 4.98 Å². The van der Waals surface area contributed by atoms with Crippen molar-refractivity contribution in [3.63, 3.8) is 0 Å². The number of rotatable bonds is 2. The van der Waals surface area contributed by atoms with Crippen LogP contribution in [-0.2, 0) is 0 Å². The smallest absolute Gasteiger partial charge is 0.181 e. The highest BCUT2D eigenvalue weighted by Gasteiger charge is 2.14. The Kier molecular flexibility index (Phi) is 3.01. The van der Waals surface area contributed by atoms with Gasteiger partial charge < -0.3 is 5.73 Å². The lowest BCUT2D eigenvalue weighted by molar-refractivity contribution is 1.33. The van der Waals surface area contributed by atoms with Gasteiger partial charge in [0.2, 0.25) is 0 Å². The molecule has 19 heavy (non-hydrogen) atoms. The zero-order valence-corrected chi connectivity index (χ0v) is 11.3. The van der Waals surface area contributed by atoms with Gasteiger partial charge in [-0.25, -0.2) is 4.98 Å². The summed E-state index contributed by atoms with van der Waals surface area (Å²) in [5, 5.41) is 0.588. The van der Waals surface area contributed by atoms with Gasteiger partial charge in [0.1, 0.15) is 0 Å². The molecule has 4 heteroatoms. The van der Waals surface area contributed by atoms with Crippen molar-refractivity contribution in [3.05, 3.63) is 54.4 Å². The van der Waals surface area contributed by atoms with E-state index in [1.807, 2.05) is 24.3 Å². The van der Waals surface area contributed by atoms with Gasteiger partial charge in [-0.1, -0.05) is 35.6 Å². The maximum Gasteiger partial charge on any atom is 0.181 e. The quantitative estimate of drug-likeness (QED) is 0.769. The predicted molar refractivity (Wildman–Crippen MR) is 79.9 cm³/mol. The summed E-state index contributed by atoms with van der Waals surface area (Å²) in [6.45, 7) is 2.08. The van der Waals surface area contributed by atoms with Gasteiger partial charge in [-0.05, 0) is 30.2 Å². The van der Waals surface area contributed by atoms with Crippen LogP contribution in [0.4, 0.5) is 5.13 Å². The number of nitrogen functional groups attached to an aromatic ring is 1. The average Bonchev–Trinajstić information content (AvgIpc) is 2.82. The van der Waals surface area contributed by atoms with Crippen molar-refractivity contribution in [2.24, 2.45) is 0 Å². The van der Waals surface area contributed by atoms with Gasteiger partial charge >= 0.3 is 0 Å². The number of nitrogens with zero attached hydrogens (tertiary/aromatic N) is 2. The van der Waals surface area contributed by atoms with E-state index < -0.39 is 0 Å². The minimum Gasteiger partial charge on any atom is -0.375 e. The third-order valence-corrected chi connectivity index (χ3v) is 3.92. The van der Waals surface area contributed by atoms with Crippen LogP contribution in [0.2, 0.25) is 0 Å². The average molecular weight is 267 g/mol. The fourth-order valence-corrected chi connectivity index (χ4v) is 2.91. The fraction of sp³-hybridized carbons (Fsp3) is 0.0667. The second kappa shape index (κ2) is 4.82. The van der Waals surface area contributed by atoms with E-state index in [1.54, 1.807) is 12.4 Å². The molecule has 1 aromatic carbocycles. The van der Waals surface area contributed by atoms with Crippen molar-refractivity contribution >= 4 is 16.5 Å². The molecule has 0 aliphatic heterocycles. The van der Waals surface area contributed by atoms with Gasteiger partial charge in [0.05, 0.1) is 10.6 Å². The number of aryl methyl sites for hydroxylation is 1. The maximum atomic E-state index is 5.90. The summed E-state index contributed by atoms with van der Waals surface area (Å²) >= 11 is 1.51. The highest BCUT2D eigenvalue weighted by molar-refractivity contribution is 7.19. The number of hydrogen-bond donors (Lipinski definition) is 1. The van der Waals surface area contributed by atoms with Gasteiger partial charge in [0, 0.05) is 18.0 Å². The first-order valence-corrected chi connectivity index (χ1v) is 6.80. The Bertz CT molecular complexity index is 704. The first-order chi connectivity index (χ1) is 9.25. The molecule has 0 aliphatic rings. The highest BCUT2D eigenvalue weighted by Crippen LogP contribution is 2.38. The van der Waals surface area contributed by atoms with Gasteiger partial charge in [0.15, 0.2) is 5.13 Å². The van der Waals surface area contributed by atoms with Crippen LogP contribution in [0.5, 0.6) is 0 Å². The molecule has 3 aromatic rings. The summed E-state index contributed by atoms with van der Waals surface area (Å²) < 4.78 is 0. The lowest BCUT2D eigenvalue weighted by Crippen LogP contribution is -1.87. The number of benzene rings is 1. The summed E-state index contributed by atoms with van der Waals surface area (Å²) in [6.07, 6.45) is 3.57. The van der Waals surface area contributed by atoms with Crippen molar-refractivity contribution in [1.29, 1.82) is 0 Å². The highest BCUT2D eigenvalue weighted by atomic mass is 32.1. The second-order valence-corrected chi connectivity index (χ2v) is 5.31. The Balaban J connectivity index is 2.21. The maximum absolute atomic E-state index is 5.90. The number of pyridine rings is 1. The Hall–Kier alpha value is -2.20. The molecule has 3 rings (SSSR count). The number of aromatic nitrogens is 2. The molecule has 0 radical (unpaired) electrons. The van der Waals surface area contributed by atoms with E-state index in [1.165, 1.54) is 16.9 Å². The summed E-state index contributed by atoms with van der Waals surface area (Å²) in [5.74, 6) is 0. The SMILES string of the molecule is Cc1ccccc1-c1nc(N)sc1-c1ccncc1. The van der Waals surface area contributed by atoms with Crippen LogP contribution in [-0.4, -0.2) is 9.97 Å². The first kappa shape index (κ1) is 11.9. The third-order valence-electron chi connectivity index (χ3n) is 2.99. The predicted octanol–water partition coefficient (Wildman–Crippen LogP) is 3.76. The monoisotopic (exact) mass is 267 g/mol. The molecular weight excluding hydrogens is 254 g/mol. The zero-order valence-electron chi connectivity index (χ0n) is 10.5. The molecule has 2 aromatic heterocycles.